The summed E-state index contributed by atoms with van der Waals surface area (Å²) >= 11 is 24.3. The molecule has 2 aromatic rings. The topological polar surface area (TPSA) is 29.0 Å². The fourth-order valence-corrected chi connectivity index (χ4v) is 2.77. The molecular formula is C10H8Cl4N2O. The summed E-state index contributed by atoms with van der Waals surface area (Å²) in [6.07, 6.45) is 2.98. The van der Waals surface area contributed by atoms with Gasteiger partial charge in [-0.25, -0.2) is 0 Å². The van der Waals surface area contributed by atoms with E-state index in [1.807, 2.05) is 0 Å². The van der Waals surface area contributed by atoms with Gasteiger partial charge in [0.25, 0.3) is 0 Å². The number of hydrogen-bond acceptors (Lipinski definition) is 1. The van der Waals surface area contributed by atoms with E-state index in [0.29, 0.717) is 27.6 Å². The van der Waals surface area contributed by atoms with E-state index in [9.17, 15) is 0 Å². The summed E-state index contributed by atoms with van der Waals surface area (Å²) in [5.74, 6) is 0. The molecule has 1 N–H and O–H groups in total. The quantitative estimate of drug-likeness (QED) is 0.393. The lowest BCUT2D eigenvalue weighted by atomic mass is 10.3. The number of halogens is 4. The van der Waals surface area contributed by atoms with Gasteiger partial charge in [-0.1, -0.05) is 46.4 Å². The van der Waals surface area contributed by atoms with Crippen LogP contribution >= 0.6 is 46.4 Å². The minimum atomic E-state index is -0.0333. The Morgan fingerprint density at radius 3 is 2.29 bits per heavy atom. The van der Waals surface area contributed by atoms with Gasteiger partial charge < -0.3 is 14.2 Å². The zero-order chi connectivity index (χ0) is 12.7. The minimum absolute atomic E-state index is 0.0333. The highest BCUT2D eigenvalue weighted by Crippen LogP contribution is 2.41. The third-order valence-electron chi connectivity index (χ3n) is 2.42. The molecule has 3 nitrogen and oxygen atoms in total. The molecule has 0 saturated carbocycles. The van der Waals surface area contributed by atoms with Crippen LogP contribution in [0.4, 0.5) is 0 Å². The van der Waals surface area contributed by atoms with Crippen molar-refractivity contribution in [2.75, 3.05) is 6.61 Å². The molecule has 0 atom stereocenters. The van der Waals surface area contributed by atoms with Crippen LogP contribution in [0.5, 0.6) is 0 Å². The summed E-state index contributed by atoms with van der Waals surface area (Å²) < 4.78 is 3.33. The molecule has 92 valence electrons. The highest BCUT2D eigenvalue weighted by atomic mass is 35.5. The molecule has 0 radical (unpaired) electrons. The first-order chi connectivity index (χ1) is 7.99. The largest absolute Gasteiger partial charge is 0.392 e. The third kappa shape index (κ3) is 2.00. The fraction of sp³-hybridized carbons (Fsp3) is 0.300. The summed E-state index contributed by atoms with van der Waals surface area (Å²) in [6, 6.07) is 0. The maximum absolute atomic E-state index is 8.99. The Morgan fingerprint density at radius 2 is 1.71 bits per heavy atom. The minimum Gasteiger partial charge on any atom is -0.392 e. The number of aliphatic hydroxyl groups excluding tert-OH is 1. The molecule has 7 heteroatoms. The van der Waals surface area contributed by atoms with Crippen LogP contribution in [0, 0.1) is 6.33 Å². The first-order valence-electron chi connectivity index (χ1n) is 4.73. The number of aryl methyl sites for hydroxylation is 1. The van der Waals surface area contributed by atoms with E-state index < -0.39 is 0 Å². The lowest BCUT2D eigenvalue weighted by Crippen LogP contribution is -2.34. The van der Waals surface area contributed by atoms with Crippen molar-refractivity contribution in [2.45, 2.75) is 6.54 Å². The third-order valence-corrected chi connectivity index (χ3v) is 4.20. The van der Waals surface area contributed by atoms with Crippen LogP contribution in [0.3, 0.4) is 0 Å². The Hall–Kier alpha value is -0.190. The van der Waals surface area contributed by atoms with Crippen LogP contribution in [-0.2, 0) is 13.6 Å². The maximum atomic E-state index is 8.99. The Bertz CT molecular complexity index is 594. The number of aliphatic hydroxyl groups is 1. The van der Waals surface area contributed by atoms with Crippen molar-refractivity contribution in [3.05, 3.63) is 26.4 Å². The molecule has 0 bridgehead atoms. The van der Waals surface area contributed by atoms with Crippen molar-refractivity contribution in [1.29, 1.82) is 0 Å². The number of rotatable bonds is 2. The highest BCUT2D eigenvalue weighted by molar-refractivity contribution is 6.54. The number of nitrogens with zero attached hydrogens (tertiary/aromatic N) is 2. The molecule has 2 rings (SSSR count). The molecule has 1 aromatic heterocycles. The van der Waals surface area contributed by atoms with Crippen LogP contribution in [0.1, 0.15) is 0 Å². The number of benzene rings is 1. The zero-order valence-corrected chi connectivity index (χ0v) is 11.8. The fourth-order valence-electron chi connectivity index (χ4n) is 1.70. The molecule has 0 amide bonds. The van der Waals surface area contributed by atoms with Crippen molar-refractivity contribution in [2.24, 2.45) is 7.05 Å². The predicted molar refractivity (Wildman–Crippen MR) is 69.1 cm³/mol. The summed E-state index contributed by atoms with van der Waals surface area (Å²) in [4.78, 5) is 0. The second kappa shape index (κ2) is 4.82. The van der Waals surface area contributed by atoms with E-state index in [-0.39, 0.29) is 16.7 Å². The van der Waals surface area contributed by atoms with Crippen molar-refractivity contribution < 1.29 is 9.67 Å². The van der Waals surface area contributed by atoms with E-state index in [0.717, 1.165) is 0 Å². The number of imidazole rings is 1. The Morgan fingerprint density at radius 1 is 1.12 bits per heavy atom. The van der Waals surface area contributed by atoms with Gasteiger partial charge in [-0.15, -0.1) is 0 Å². The molecule has 0 aliphatic heterocycles. The first-order valence-corrected chi connectivity index (χ1v) is 6.24. The number of aromatic nitrogens is 2. The van der Waals surface area contributed by atoms with Crippen LogP contribution < -0.4 is 4.57 Å². The predicted octanol–water partition coefficient (Wildman–Crippen LogP) is 2.87. The average Bonchev–Trinajstić information content (AvgIpc) is 2.61. The molecule has 0 unspecified atom stereocenters. The standard InChI is InChI=1S/C10H8Cl4N2O/c1-15-4-16(2-3-17)10-8(14)6(12)5(11)7(13)9(10)15/h17H,2-3H2,1H3. The molecule has 0 fully saturated rings. The van der Waals surface area contributed by atoms with Gasteiger partial charge in [0.15, 0.2) is 0 Å². The Labute approximate surface area is 118 Å². The van der Waals surface area contributed by atoms with Gasteiger partial charge in [0.05, 0.1) is 30.2 Å². The van der Waals surface area contributed by atoms with Crippen LogP contribution in [-0.4, -0.2) is 16.3 Å². The van der Waals surface area contributed by atoms with E-state index >= 15 is 0 Å². The normalized spacial score (nSPS) is 11.4. The SMILES string of the molecule is Cn1[c-][n+](CCO)c2c(Cl)c(Cl)c(Cl)c(Cl)c21. The van der Waals surface area contributed by atoms with Gasteiger partial charge in [0, 0.05) is 21.1 Å². The molecule has 0 saturated heterocycles. The van der Waals surface area contributed by atoms with E-state index in [4.69, 9.17) is 51.5 Å². The van der Waals surface area contributed by atoms with Crippen LogP contribution in [0.2, 0.25) is 20.1 Å². The second-order valence-corrected chi connectivity index (χ2v) is 5.00. The van der Waals surface area contributed by atoms with Crippen molar-refractivity contribution in [3.63, 3.8) is 0 Å². The van der Waals surface area contributed by atoms with Crippen molar-refractivity contribution >= 4 is 57.4 Å². The highest BCUT2D eigenvalue weighted by Gasteiger charge is 2.17. The van der Waals surface area contributed by atoms with Gasteiger partial charge in [-0.05, 0) is 0 Å². The molecule has 0 aliphatic rings. The molecule has 17 heavy (non-hydrogen) atoms. The van der Waals surface area contributed by atoms with Crippen LogP contribution in [0.25, 0.3) is 11.0 Å². The summed E-state index contributed by atoms with van der Waals surface area (Å²) in [5.41, 5.74) is 1.25. The monoisotopic (exact) mass is 312 g/mol. The Kier molecular flexibility index (Phi) is 3.76. The van der Waals surface area contributed by atoms with E-state index in [1.54, 1.807) is 16.2 Å². The lowest BCUT2D eigenvalue weighted by molar-refractivity contribution is -0.677. The average molecular weight is 314 g/mol. The molecule has 0 spiro atoms. The van der Waals surface area contributed by atoms with Gasteiger partial charge in [0.2, 0.25) is 6.33 Å². The first kappa shape index (κ1) is 13.2. The molecule has 1 aromatic carbocycles. The molecule has 1 heterocycles. The van der Waals surface area contributed by atoms with Crippen LogP contribution in [0.15, 0.2) is 0 Å². The zero-order valence-electron chi connectivity index (χ0n) is 8.77. The van der Waals surface area contributed by atoms with E-state index in [2.05, 4.69) is 6.33 Å². The number of hydrogen-bond donors (Lipinski definition) is 1. The van der Waals surface area contributed by atoms with Crippen molar-refractivity contribution in [3.8, 4) is 0 Å². The summed E-state index contributed by atoms with van der Waals surface area (Å²) in [5, 5.41) is 10.0. The number of fused-ring (bicyclic) bond motifs is 1. The van der Waals surface area contributed by atoms with E-state index in [1.165, 1.54) is 0 Å². The van der Waals surface area contributed by atoms with Gasteiger partial charge >= 0.3 is 0 Å². The van der Waals surface area contributed by atoms with Crippen molar-refractivity contribution in [1.82, 2.24) is 4.57 Å². The summed E-state index contributed by atoms with van der Waals surface area (Å²) in [6.45, 7) is 0.319. The lowest BCUT2D eigenvalue weighted by Gasteiger charge is -2.10. The van der Waals surface area contributed by atoms with Gasteiger partial charge in [-0.3, -0.25) is 0 Å². The Balaban J connectivity index is 2.92. The smallest absolute Gasteiger partial charge is 0.204 e. The summed E-state index contributed by atoms with van der Waals surface area (Å²) in [7, 11) is 1.77. The second-order valence-electron chi connectivity index (χ2n) is 3.49. The molecular weight excluding hydrogens is 306 g/mol. The molecule has 0 aliphatic carbocycles. The maximum Gasteiger partial charge on any atom is 0.204 e. The van der Waals surface area contributed by atoms with Gasteiger partial charge in [0.1, 0.15) is 0 Å². The van der Waals surface area contributed by atoms with Gasteiger partial charge in [-0.2, -0.15) is 0 Å².